The number of hydrogen-bond acceptors (Lipinski definition) is 6. The van der Waals surface area contributed by atoms with Gasteiger partial charge >= 0.3 is 5.97 Å². The summed E-state index contributed by atoms with van der Waals surface area (Å²) in [6.07, 6.45) is 4.67. The van der Waals surface area contributed by atoms with Crippen LogP contribution in [-0.2, 0) is 11.2 Å². The smallest absolute Gasteiger partial charge is 0.306 e. The normalized spacial score (nSPS) is 15.5. The van der Waals surface area contributed by atoms with Crippen LogP contribution < -0.4 is 5.73 Å². The van der Waals surface area contributed by atoms with Crippen LogP contribution in [0.1, 0.15) is 51.2 Å². The molecule has 1 atom stereocenters. The molecule has 0 saturated carbocycles. The largest absolute Gasteiger partial charge is 0.481 e. The molecule has 31 heavy (non-hydrogen) atoms. The van der Waals surface area contributed by atoms with E-state index >= 15 is 0 Å². The van der Waals surface area contributed by atoms with E-state index in [2.05, 4.69) is 54.4 Å². The van der Waals surface area contributed by atoms with E-state index in [9.17, 15) is 9.90 Å². The van der Waals surface area contributed by atoms with Crippen molar-refractivity contribution in [1.29, 1.82) is 0 Å². The first-order chi connectivity index (χ1) is 14.9. The maximum absolute atomic E-state index is 11.6. The minimum atomic E-state index is -0.916. The maximum Gasteiger partial charge on any atom is 0.306 e. The van der Waals surface area contributed by atoms with Gasteiger partial charge in [0.15, 0.2) is 5.82 Å². The third-order valence-corrected chi connectivity index (χ3v) is 6.68. The highest BCUT2D eigenvalue weighted by molar-refractivity contribution is 7.15. The van der Waals surface area contributed by atoms with Gasteiger partial charge in [0.05, 0.1) is 12.1 Å². The summed E-state index contributed by atoms with van der Waals surface area (Å²) in [5.41, 5.74) is 10.6. The van der Waals surface area contributed by atoms with Crippen LogP contribution in [-0.4, -0.2) is 38.1 Å². The first-order valence-electron chi connectivity index (χ1n) is 10.2. The molecular formula is C23H25N5O2S. The number of benzene rings is 1. The van der Waals surface area contributed by atoms with Gasteiger partial charge in [0.2, 0.25) is 0 Å². The number of carboxylic acid groups (broad SMARTS) is 1. The quantitative estimate of drug-likeness (QED) is 0.575. The van der Waals surface area contributed by atoms with Gasteiger partial charge in [-0.05, 0) is 38.3 Å². The zero-order valence-electron chi connectivity index (χ0n) is 17.8. The lowest BCUT2D eigenvalue weighted by Crippen LogP contribution is -2.10. The summed E-state index contributed by atoms with van der Waals surface area (Å²) >= 11 is 1.66. The van der Waals surface area contributed by atoms with Gasteiger partial charge in [0, 0.05) is 22.5 Å². The minimum Gasteiger partial charge on any atom is -0.481 e. The lowest BCUT2D eigenvalue weighted by Gasteiger charge is -2.11. The van der Waals surface area contributed by atoms with Crippen molar-refractivity contribution < 1.29 is 9.90 Å². The maximum atomic E-state index is 11.6. The second-order valence-corrected chi connectivity index (χ2v) is 8.81. The van der Waals surface area contributed by atoms with Crippen molar-refractivity contribution >= 4 is 23.0 Å². The molecule has 2 aromatic heterocycles. The molecule has 8 heteroatoms. The number of nitrogens with zero attached hydrogens (tertiary/aromatic N) is 4. The Morgan fingerprint density at radius 1 is 1.19 bits per heavy atom. The molecule has 3 heterocycles. The molecule has 1 aliphatic rings. The fraction of sp³-hybridized carbons (Fsp3) is 0.304. The predicted molar refractivity (Wildman–Crippen MR) is 122 cm³/mol. The molecule has 0 saturated heterocycles. The van der Waals surface area contributed by atoms with Crippen LogP contribution in [0.2, 0.25) is 0 Å². The van der Waals surface area contributed by atoms with Gasteiger partial charge in [0.1, 0.15) is 16.9 Å². The number of carboxylic acids is 1. The molecule has 3 N–H and O–H groups in total. The first kappa shape index (κ1) is 21.1. The molecular weight excluding hydrogens is 410 g/mol. The molecule has 3 aromatic rings. The highest BCUT2D eigenvalue weighted by atomic mass is 32.1. The van der Waals surface area contributed by atoms with E-state index in [0.717, 1.165) is 39.6 Å². The van der Waals surface area contributed by atoms with Gasteiger partial charge in [-0.2, -0.15) is 0 Å². The summed E-state index contributed by atoms with van der Waals surface area (Å²) in [6.45, 7) is 6.59. The summed E-state index contributed by atoms with van der Waals surface area (Å²) in [7, 11) is 0. The second kappa shape index (κ2) is 8.56. The Morgan fingerprint density at radius 3 is 2.61 bits per heavy atom. The van der Waals surface area contributed by atoms with Crippen molar-refractivity contribution in [1.82, 2.24) is 14.8 Å². The number of hydrogen-bond donors (Lipinski definition) is 2. The van der Waals surface area contributed by atoms with Crippen molar-refractivity contribution in [3.8, 4) is 5.00 Å². The third-order valence-electron chi connectivity index (χ3n) is 5.49. The molecule has 1 aromatic carbocycles. The summed E-state index contributed by atoms with van der Waals surface area (Å²) in [6, 6.07) is 7.65. The Labute approximate surface area is 185 Å². The Hall–Kier alpha value is -3.10. The molecule has 4 rings (SSSR count). The van der Waals surface area contributed by atoms with E-state index in [1.165, 1.54) is 10.4 Å². The summed E-state index contributed by atoms with van der Waals surface area (Å²) in [4.78, 5) is 17.7. The lowest BCUT2D eigenvalue weighted by molar-refractivity contribution is -0.137. The molecule has 1 aliphatic heterocycles. The van der Waals surface area contributed by atoms with Gasteiger partial charge in [-0.15, -0.1) is 21.5 Å². The number of aryl methyl sites for hydroxylation is 2. The molecule has 7 nitrogen and oxygen atoms in total. The zero-order valence-corrected chi connectivity index (χ0v) is 18.6. The van der Waals surface area contributed by atoms with Crippen LogP contribution in [0, 0.1) is 20.8 Å². The molecule has 0 amide bonds. The minimum absolute atomic E-state index is 0.142. The highest BCUT2D eigenvalue weighted by Crippen LogP contribution is 2.39. The SMILES string of the molecule is Cc1sc2c(c1C)C(c1ccc(CC=CCN)cc1)=N[C@H](CC(=O)O)c1nnc(C)n1-2. The number of fused-ring (bicyclic) bond motifs is 3. The molecule has 0 radical (unpaired) electrons. The number of carbonyl (C=O) groups is 1. The number of allylic oxidation sites excluding steroid dienone is 1. The fourth-order valence-corrected chi connectivity index (χ4v) is 5.02. The van der Waals surface area contributed by atoms with Crippen molar-refractivity contribution in [2.45, 2.75) is 39.7 Å². The van der Waals surface area contributed by atoms with Crippen LogP contribution in [0.5, 0.6) is 0 Å². The molecule has 0 aliphatic carbocycles. The number of rotatable bonds is 6. The number of nitrogens with two attached hydrogens (primary N) is 1. The van der Waals surface area contributed by atoms with Crippen molar-refractivity contribution in [3.63, 3.8) is 0 Å². The zero-order chi connectivity index (χ0) is 22.1. The summed E-state index contributed by atoms with van der Waals surface area (Å²) in [5, 5.41) is 19.0. The number of aromatic nitrogens is 3. The van der Waals surface area contributed by atoms with Gasteiger partial charge in [-0.1, -0.05) is 36.4 Å². The first-order valence-corrected chi connectivity index (χ1v) is 11.0. The van der Waals surface area contributed by atoms with E-state index in [1.807, 2.05) is 17.6 Å². The molecule has 160 valence electrons. The standard InChI is InChI=1S/C23H25N5O2S/c1-13-14(2)31-23-20(13)21(17-9-7-16(8-10-17)6-4-5-11-24)25-18(12-19(29)30)22-27-26-15(3)28(22)23/h4-5,7-10,18H,6,11-12,24H2,1-3H3,(H,29,30)/t18-/m1/s1. The second-order valence-electron chi connectivity index (χ2n) is 7.60. The van der Waals surface area contributed by atoms with Crippen LogP contribution in [0.25, 0.3) is 5.00 Å². The Balaban J connectivity index is 1.87. The van der Waals surface area contributed by atoms with Gasteiger partial charge in [0.25, 0.3) is 0 Å². The number of aliphatic imine (C=N–C) groups is 1. The average Bonchev–Trinajstić information content (AvgIpc) is 3.21. The Bertz CT molecular complexity index is 1190. The van der Waals surface area contributed by atoms with Gasteiger partial charge in [-0.3, -0.25) is 14.4 Å². The summed E-state index contributed by atoms with van der Waals surface area (Å²) < 4.78 is 1.97. The number of thiophene rings is 1. The van der Waals surface area contributed by atoms with Crippen molar-refractivity contribution in [3.05, 3.63) is 75.2 Å². The lowest BCUT2D eigenvalue weighted by atomic mass is 9.98. The summed E-state index contributed by atoms with van der Waals surface area (Å²) in [5.74, 6) is 0.382. The van der Waals surface area contributed by atoms with Crippen molar-refractivity contribution in [2.24, 2.45) is 10.7 Å². The van der Waals surface area contributed by atoms with Crippen molar-refractivity contribution in [2.75, 3.05) is 6.54 Å². The Kier molecular flexibility index (Phi) is 5.84. The monoisotopic (exact) mass is 435 g/mol. The van der Waals surface area contributed by atoms with E-state index in [4.69, 9.17) is 10.7 Å². The third kappa shape index (κ3) is 3.96. The topological polar surface area (TPSA) is 106 Å². The average molecular weight is 436 g/mol. The molecule has 0 bridgehead atoms. The van der Waals surface area contributed by atoms with E-state index in [1.54, 1.807) is 11.3 Å². The van der Waals surface area contributed by atoms with Crippen LogP contribution in [0.4, 0.5) is 0 Å². The number of aliphatic carboxylic acids is 1. The van der Waals surface area contributed by atoms with Gasteiger partial charge in [-0.25, -0.2) is 0 Å². The van der Waals surface area contributed by atoms with Crippen LogP contribution >= 0.6 is 11.3 Å². The Morgan fingerprint density at radius 2 is 1.94 bits per heavy atom. The fourth-order valence-electron chi connectivity index (χ4n) is 3.80. The predicted octanol–water partition coefficient (Wildman–Crippen LogP) is 3.68. The van der Waals surface area contributed by atoms with E-state index < -0.39 is 12.0 Å². The van der Waals surface area contributed by atoms with Crippen LogP contribution in [0.15, 0.2) is 41.4 Å². The van der Waals surface area contributed by atoms with Gasteiger partial charge < -0.3 is 10.8 Å². The molecule has 0 fully saturated rings. The molecule has 0 spiro atoms. The van der Waals surface area contributed by atoms with E-state index in [-0.39, 0.29) is 6.42 Å². The van der Waals surface area contributed by atoms with Crippen LogP contribution in [0.3, 0.4) is 0 Å². The molecule has 0 unspecified atom stereocenters. The highest BCUT2D eigenvalue weighted by Gasteiger charge is 2.32. The van der Waals surface area contributed by atoms with E-state index in [0.29, 0.717) is 12.4 Å².